The fourth-order valence-electron chi connectivity index (χ4n) is 1.42. The van der Waals surface area contributed by atoms with Crippen molar-refractivity contribution < 1.29 is 29.6 Å². The van der Waals surface area contributed by atoms with Gasteiger partial charge in [-0.3, -0.25) is 9.59 Å². The summed E-state index contributed by atoms with van der Waals surface area (Å²) >= 11 is 0. The van der Waals surface area contributed by atoms with Crippen molar-refractivity contribution in [3.8, 4) is 0 Å². The Kier molecular flexibility index (Phi) is 3.47. The molecule has 6 heteroatoms. The summed E-state index contributed by atoms with van der Waals surface area (Å²) < 4.78 is 4.81. The third kappa shape index (κ3) is 1.99. The molecular formula is C10H14O6. The van der Waals surface area contributed by atoms with Crippen LogP contribution in [0.4, 0.5) is 0 Å². The van der Waals surface area contributed by atoms with Crippen molar-refractivity contribution in [1.29, 1.82) is 0 Å². The molecule has 1 unspecified atom stereocenters. The van der Waals surface area contributed by atoms with Crippen LogP contribution in [0, 0.1) is 0 Å². The Morgan fingerprint density at radius 2 is 2.06 bits per heavy atom. The molecule has 0 bridgehead atoms. The van der Waals surface area contributed by atoms with Crippen LogP contribution in [0.2, 0.25) is 0 Å². The lowest BCUT2D eigenvalue weighted by molar-refractivity contribution is -0.165. The minimum Gasteiger partial charge on any atom is -0.487 e. The van der Waals surface area contributed by atoms with E-state index in [0.717, 1.165) is 19.3 Å². The van der Waals surface area contributed by atoms with Crippen LogP contribution in [0.25, 0.3) is 0 Å². The Balaban J connectivity index is 3.00. The van der Waals surface area contributed by atoms with E-state index in [1.165, 1.54) is 6.92 Å². The van der Waals surface area contributed by atoms with E-state index in [4.69, 9.17) is 9.84 Å². The van der Waals surface area contributed by atoms with E-state index in [1.54, 1.807) is 0 Å². The molecule has 0 saturated carbocycles. The van der Waals surface area contributed by atoms with Gasteiger partial charge in [0.15, 0.2) is 17.5 Å². The SMILES string of the molecule is CC(=O)[C@@]1(O)C=CO[C@H](C(=O)C(C)O)[C@H]1O. The third-order valence-corrected chi connectivity index (χ3v) is 2.54. The third-order valence-electron chi connectivity index (χ3n) is 2.54. The first-order chi connectivity index (χ1) is 7.30. The maximum absolute atomic E-state index is 11.4. The maximum atomic E-state index is 11.4. The monoisotopic (exact) mass is 230 g/mol. The number of aliphatic hydroxyl groups is 3. The van der Waals surface area contributed by atoms with Crippen LogP contribution in [0.5, 0.6) is 0 Å². The lowest BCUT2D eigenvalue weighted by Gasteiger charge is -2.35. The summed E-state index contributed by atoms with van der Waals surface area (Å²) in [6.45, 7) is 2.30. The summed E-state index contributed by atoms with van der Waals surface area (Å²) in [5, 5.41) is 28.6. The van der Waals surface area contributed by atoms with Gasteiger partial charge in [0.1, 0.15) is 12.2 Å². The van der Waals surface area contributed by atoms with Crippen molar-refractivity contribution >= 4 is 11.6 Å². The first kappa shape index (κ1) is 12.8. The summed E-state index contributed by atoms with van der Waals surface area (Å²) in [5.41, 5.74) is -2.15. The average molecular weight is 230 g/mol. The topological polar surface area (TPSA) is 104 Å². The molecule has 0 aliphatic carbocycles. The molecule has 0 radical (unpaired) electrons. The highest BCUT2D eigenvalue weighted by molar-refractivity contribution is 5.92. The lowest BCUT2D eigenvalue weighted by atomic mass is 9.85. The molecule has 16 heavy (non-hydrogen) atoms. The summed E-state index contributed by atoms with van der Waals surface area (Å²) in [5.74, 6) is -1.50. The van der Waals surface area contributed by atoms with Gasteiger partial charge in [0.2, 0.25) is 5.78 Å². The highest BCUT2D eigenvalue weighted by Crippen LogP contribution is 2.25. The lowest BCUT2D eigenvalue weighted by Crippen LogP contribution is -2.58. The summed E-state index contributed by atoms with van der Waals surface area (Å²) in [4.78, 5) is 22.6. The molecule has 0 amide bonds. The van der Waals surface area contributed by atoms with Gasteiger partial charge in [-0.15, -0.1) is 0 Å². The Labute approximate surface area is 92.1 Å². The van der Waals surface area contributed by atoms with Crippen molar-refractivity contribution in [2.45, 2.75) is 37.8 Å². The van der Waals surface area contributed by atoms with Crippen molar-refractivity contribution in [3.05, 3.63) is 12.3 Å². The van der Waals surface area contributed by atoms with Crippen molar-refractivity contribution in [2.75, 3.05) is 0 Å². The highest BCUT2D eigenvalue weighted by Gasteiger charge is 2.49. The number of carbonyl (C=O) groups excluding carboxylic acids is 2. The van der Waals surface area contributed by atoms with Crippen LogP contribution in [0.1, 0.15) is 13.8 Å². The normalized spacial score (nSPS) is 35.3. The zero-order chi connectivity index (χ0) is 12.5. The Morgan fingerprint density at radius 3 is 2.50 bits per heavy atom. The standard InChI is InChI=1S/C10H14O6/c1-5(11)7(13)8-9(14)10(15,6(2)12)3-4-16-8/h3-5,8-9,11,14-15H,1-2H3/t5?,8-,9-,10+/m1/s1. The molecule has 0 aromatic heterocycles. The van der Waals surface area contributed by atoms with Gasteiger partial charge >= 0.3 is 0 Å². The van der Waals surface area contributed by atoms with Crippen LogP contribution >= 0.6 is 0 Å². The zero-order valence-corrected chi connectivity index (χ0v) is 8.95. The van der Waals surface area contributed by atoms with E-state index in [0.29, 0.717) is 0 Å². The largest absolute Gasteiger partial charge is 0.487 e. The molecule has 90 valence electrons. The molecule has 0 spiro atoms. The van der Waals surface area contributed by atoms with Gasteiger partial charge in [-0.25, -0.2) is 0 Å². The molecule has 1 rings (SSSR count). The van der Waals surface area contributed by atoms with E-state index in [1.807, 2.05) is 0 Å². The second-order valence-corrected chi connectivity index (χ2v) is 3.76. The number of rotatable bonds is 3. The number of hydrogen-bond donors (Lipinski definition) is 3. The number of aliphatic hydroxyl groups excluding tert-OH is 2. The summed E-state index contributed by atoms with van der Waals surface area (Å²) in [7, 11) is 0. The molecule has 3 N–H and O–H groups in total. The molecule has 0 fully saturated rings. The summed E-state index contributed by atoms with van der Waals surface area (Å²) in [6, 6.07) is 0. The molecule has 1 heterocycles. The fraction of sp³-hybridized carbons (Fsp3) is 0.600. The number of hydrogen-bond acceptors (Lipinski definition) is 6. The highest BCUT2D eigenvalue weighted by atomic mass is 16.5. The van der Waals surface area contributed by atoms with Crippen molar-refractivity contribution in [3.63, 3.8) is 0 Å². The molecule has 1 aliphatic heterocycles. The van der Waals surface area contributed by atoms with Crippen LogP contribution in [0.3, 0.4) is 0 Å². The van der Waals surface area contributed by atoms with Gasteiger partial charge in [0.25, 0.3) is 0 Å². The molecule has 1 aliphatic rings. The first-order valence-corrected chi connectivity index (χ1v) is 4.77. The average Bonchev–Trinajstić information content (AvgIpc) is 2.20. The number of carbonyl (C=O) groups is 2. The van der Waals surface area contributed by atoms with Gasteiger partial charge in [0, 0.05) is 0 Å². The van der Waals surface area contributed by atoms with Crippen molar-refractivity contribution in [2.24, 2.45) is 0 Å². The first-order valence-electron chi connectivity index (χ1n) is 4.77. The second kappa shape index (κ2) is 4.32. The predicted octanol–water partition coefficient (Wildman–Crippen LogP) is -1.47. The van der Waals surface area contributed by atoms with Gasteiger partial charge in [0.05, 0.1) is 6.26 Å². The van der Waals surface area contributed by atoms with Gasteiger partial charge in [-0.05, 0) is 19.9 Å². The smallest absolute Gasteiger partial charge is 0.204 e. The molecule has 6 nitrogen and oxygen atoms in total. The van der Waals surface area contributed by atoms with Crippen LogP contribution in [0.15, 0.2) is 12.3 Å². The quantitative estimate of drug-likeness (QED) is 0.547. The predicted molar refractivity (Wildman–Crippen MR) is 52.3 cm³/mol. The van der Waals surface area contributed by atoms with E-state index in [2.05, 4.69) is 0 Å². The van der Waals surface area contributed by atoms with Crippen LogP contribution < -0.4 is 0 Å². The molecule has 0 aromatic carbocycles. The molecule has 0 aromatic rings. The number of Topliss-reactive ketones (excluding diaryl/α,β-unsaturated/α-hetero) is 2. The van der Waals surface area contributed by atoms with Gasteiger partial charge < -0.3 is 20.1 Å². The van der Waals surface area contributed by atoms with E-state index < -0.39 is 35.5 Å². The van der Waals surface area contributed by atoms with E-state index in [-0.39, 0.29) is 0 Å². The zero-order valence-electron chi connectivity index (χ0n) is 8.95. The second-order valence-electron chi connectivity index (χ2n) is 3.76. The van der Waals surface area contributed by atoms with Crippen LogP contribution in [-0.2, 0) is 14.3 Å². The van der Waals surface area contributed by atoms with Crippen molar-refractivity contribution in [1.82, 2.24) is 0 Å². The fourth-order valence-corrected chi connectivity index (χ4v) is 1.42. The van der Waals surface area contributed by atoms with Gasteiger partial charge in [-0.2, -0.15) is 0 Å². The van der Waals surface area contributed by atoms with Crippen LogP contribution in [-0.4, -0.2) is 50.8 Å². The van der Waals surface area contributed by atoms with E-state index in [9.17, 15) is 19.8 Å². The number of ether oxygens (including phenoxy) is 1. The minimum absolute atomic E-state index is 0.706. The maximum Gasteiger partial charge on any atom is 0.204 e. The van der Waals surface area contributed by atoms with Gasteiger partial charge in [-0.1, -0.05) is 0 Å². The van der Waals surface area contributed by atoms with E-state index >= 15 is 0 Å². The Bertz CT molecular complexity index is 334. The molecular weight excluding hydrogens is 216 g/mol. The number of ketones is 2. The Morgan fingerprint density at radius 1 is 1.50 bits per heavy atom. The Hall–Kier alpha value is -1.24. The summed E-state index contributed by atoms with van der Waals surface area (Å²) in [6.07, 6.45) is -2.57. The molecule has 4 atom stereocenters. The molecule has 0 saturated heterocycles. The minimum atomic E-state index is -2.15.